The van der Waals surface area contributed by atoms with Crippen molar-refractivity contribution < 1.29 is 23.9 Å². The molecule has 2 atom stereocenters. The number of rotatable bonds is 6. The molecule has 5 nitrogen and oxygen atoms in total. The van der Waals surface area contributed by atoms with Gasteiger partial charge in [0.15, 0.2) is 0 Å². The van der Waals surface area contributed by atoms with Crippen LogP contribution in [0.2, 0.25) is 0 Å². The maximum atomic E-state index is 12.7. The van der Waals surface area contributed by atoms with Crippen LogP contribution in [0.5, 0.6) is 11.5 Å². The second-order valence-electron chi connectivity index (χ2n) is 7.92. The molecule has 2 bridgehead atoms. The number of esters is 2. The molecule has 0 amide bonds. The average Bonchev–Trinajstić information content (AvgIpc) is 3.29. The molecule has 0 heterocycles. The Kier molecular flexibility index (Phi) is 5.81. The van der Waals surface area contributed by atoms with Crippen LogP contribution in [0, 0.1) is 11.3 Å². The van der Waals surface area contributed by atoms with Crippen molar-refractivity contribution in [1.29, 1.82) is 0 Å². The van der Waals surface area contributed by atoms with Crippen molar-refractivity contribution >= 4 is 45.9 Å². The van der Waals surface area contributed by atoms with Gasteiger partial charge in [-0.25, -0.2) is 0 Å². The zero-order valence-electron chi connectivity index (χ0n) is 16.7. The van der Waals surface area contributed by atoms with E-state index in [-0.39, 0.29) is 5.78 Å². The molecule has 2 saturated carbocycles. The van der Waals surface area contributed by atoms with E-state index in [0.717, 1.165) is 6.42 Å². The molecule has 2 aliphatic rings. The summed E-state index contributed by atoms with van der Waals surface area (Å²) in [4.78, 5) is 36.5. The van der Waals surface area contributed by atoms with Crippen LogP contribution in [0.25, 0.3) is 0 Å². The van der Waals surface area contributed by atoms with E-state index < -0.39 is 38.3 Å². The quantitative estimate of drug-likeness (QED) is 0.194. The van der Waals surface area contributed by atoms with Crippen LogP contribution in [-0.2, 0) is 14.4 Å². The van der Waals surface area contributed by atoms with Gasteiger partial charge in [-0.3, -0.25) is 0 Å². The third-order valence-corrected chi connectivity index (χ3v) is 8.57. The van der Waals surface area contributed by atoms with E-state index >= 15 is 0 Å². The molecule has 0 aromatic heterocycles. The minimum absolute atomic E-state index is 0.0460. The molecule has 0 saturated heterocycles. The normalized spacial score (nSPS) is 22.0. The van der Waals surface area contributed by atoms with Crippen molar-refractivity contribution in [2.45, 2.75) is 32.6 Å². The zero-order chi connectivity index (χ0) is 21.3. The van der Waals surface area contributed by atoms with Crippen LogP contribution in [-0.4, -0.2) is 38.6 Å². The molecule has 30 heavy (non-hydrogen) atoms. The predicted molar refractivity (Wildman–Crippen MR) is 113 cm³/mol. The molecular formula is C24H22O5Te. The van der Waals surface area contributed by atoms with E-state index in [4.69, 9.17) is 9.47 Å². The molecule has 2 fully saturated rings. The minimum atomic E-state index is -0.896. The summed E-state index contributed by atoms with van der Waals surface area (Å²) in [6.45, 7) is 5.18. The number of carbonyl (C=O) groups is 3. The number of Topliss-reactive ketones (excluding diaryl/α,β-unsaturated/α-hetero) is 1. The van der Waals surface area contributed by atoms with Crippen LogP contribution in [0.3, 0.4) is 0 Å². The SMILES string of the molecule is C=C(C)C(=O)Oc1ccc([Te]c2ccc(OC(=O)C34CCC(CC3=O)C4)cc2)cc1. The van der Waals surface area contributed by atoms with E-state index in [2.05, 4.69) is 6.58 Å². The Hall–Kier alpha value is -2.42. The summed E-state index contributed by atoms with van der Waals surface area (Å²) in [6.07, 6.45) is 2.73. The van der Waals surface area contributed by atoms with E-state index in [1.165, 1.54) is 7.22 Å². The maximum absolute atomic E-state index is 12.7. The van der Waals surface area contributed by atoms with Gasteiger partial charge in [-0.05, 0) is 0 Å². The molecular weight excluding hydrogens is 496 g/mol. The molecule has 154 valence electrons. The number of benzene rings is 2. The number of fused-ring (bicyclic) bond motifs is 2. The molecule has 0 radical (unpaired) electrons. The monoisotopic (exact) mass is 520 g/mol. The second-order valence-corrected chi connectivity index (χ2v) is 11.2. The zero-order valence-corrected chi connectivity index (χ0v) is 19.0. The van der Waals surface area contributed by atoms with Crippen molar-refractivity contribution in [2.75, 3.05) is 0 Å². The number of ketones is 1. The van der Waals surface area contributed by atoms with Crippen LogP contribution in [0.4, 0.5) is 0 Å². The Morgan fingerprint density at radius 3 is 2.03 bits per heavy atom. The Morgan fingerprint density at radius 2 is 1.57 bits per heavy atom. The van der Waals surface area contributed by atoms with Crippen LogP contribution < -0.4 is 16.7 Å². The molecule has 2 unspecified atom stereocenters. The molecule has 2 aromatic carbocycles. The van der Waals surface area contributed by atoms with Crippen molar-refractivity contribution in [1.82, 2.24) is 0 Å². The standard InChI is InChI=1S/C24H22O5Te/c1-15(2)22(26)28-17-3-7-19(8-4-17)30-20-9-5-18(6-10-20)29-23(27)24-12-11-16(14-24)13-21(24)25/h3-10,16H,1,11-14H2,2H3. The molecule has 4 rings (SSSR count). The van der Waals surface area contributed by atoms with Crippen molar-refractivity contribution in [2.24, 2.45) is 11.3 Å². The fourth-order valence-corrected chi connectivity index (χ4v) is 6.35. The van der Waals surface area contributed by atoms with Crippen molar-refractivity contribution in [3.8, 4) is 11.5 Å². The van der Waals surface area contributed by atoms with E-state index in [9.17, 15) is 14.4 Å². The van der Waals surface area contributed by atoms with E-state index in [1.807, 2.05) is 24.3 Å². The Labute approximate surface area is 185 Å². The molecule has 6 heteroatoms. The fourth-order valence-electron chi connectivity index (χ4n) is 4.02. The van der Waals surface area contributed by atoms with Crippen LogP contribution >= 0.6 is 0 Å². The van der Waals surface area contributed by atoms with Gasteiger partial charge in [0.2, 0.25) is 0 Å². The van der Waals surface area contributed by atoms with Gasteiger partial charge in [-0.15, -0.1) is 0 Å². The summed E-state index contributed by atoms with van der Waals surface area (Å²) in [5.41, 5.74) is -0.536. The first kappa shape index (κ1) is 20.8. The van der Waals surface area contributed by atoms with Gasteiger partial charge < -0.3 is 0 Å². The summed E-state index contributed by atoms with van der Waals surface area (Å²) in [7, 11) is 0. The van der Waals surface area contributed by atoms with Gasteiger partial charge in [-0.1, -0.05) is 0 Å². The van der Waals surface area contributed by atoms with E-state index in [1.54, 1.807) is 31.2 Å². The molecule has 2 aromatic rings. The second kappa shape index (κ2) is 8.37. The third kappa shape index (κ3) is 4.21. The first-order valence-corrected chi connectivity index (χ1v) is 12.2. The topological polar surface area (TPSA) is 69.7 Å². The number of ether oxygens (including phenoxy) is 2. The number of hydrogen-bond donors (Lipinski definition) is 0. The van der Waals surface area contributed by atoms with Crippen molar-refractivity contribution in [3.63, 3.8) is 0 Å². The van der Waals surface area contributed by atoms with Gasteiger partial charge in [0.05, 0.1) is 0 Å². The van der Waals surface area contributed by atoms with Gasteiger partial charge >= 0.3 is 186 Å². The Bertz CT molecular complexity index is 1010. The van der Waals surface area contributed by atoms with Crippen LogP contribution in [0.1, 0.15) is 32.6 Å². The van der Waals surface area contributed by atoms with Gasteiger partial charge in [0, 0.05) is 0 Å². The summed E-state index contributed by atoms with van der Waals surface area (Å²) < 4.78 is 13.1. The van der Waals surface area contributed by atoms with Crippen molar-refractivity contribution in [3.05, 3.63) is 60.7 Å². The van der Waals surface area contributed by atoms with E-state index in [0.29, 0.717) is 42.3 Å². The summed E-state index contributed by atoms with van der Waals surface area (Å²) in [5, 5.41) is 0. The van der Waals surface area contributed by atoms with Gasteiger partial charge in [0.25, 0.3) is 0 Å². The summed E-state index contributed by atoms with van der Waals surface area (Å²) in [5.74, 6) is 0.554. The molecule has 0 spiro atoms. The first-order valence-electron chi connectivity index (χ1n) is 9.87. The molecule has 0 aliphatic heterocycles. The first-order chi connectivity index (χ1) is 14.4. The number of carbonyl (C=O) groups excluding carboxylic acids is 3. The Morgan fingerprint density at radius 1 is 1.00 bits per heavy atom. The molecule has 0 N–H and O–H groups in total. The number of hydrogen-bond acceptors (Lipinski definition) is 5. The fraction of sp³-hybridized carbons (Fsp3) is 0.292. The summed E-state index contributed by atoms with van der Waals surface area (Å²) in [6, 6.07) is 15.0. The molecule has 2 aliphatic carbocycles. The average molecular weight is 518 g/mol. The predicted octanol–water partition coefficient (Wildman–Crippen LogP) is 2.49. The van der Waals surface area contributed by atoms with Gasteiger partial charge in [-0.2, -0.15) is 0 Å². The Balaban J connectivity index is 1.36. The van der Waals surface area contributed by atoms with Gasteiger partial charge in [0.1, 0.15) is 0 Å². The third-order valence-electron chi connectivity index (χ3n) is 5.67. The summed E-state index contributed by atoms with van der Waals surface area (Å²) >= 11 is -0.631. The van der Waals surface area contributed by atoms with Crippen LogP contribution in [0.15, 0.2) is 60.7 Å².